The SMILES string of the molecule is CCC(C)C(C)C(=O)NC(C)(C(C)C)C(NC(=O)CC(C)(C)CC)(NC(=O)C(C)CC(C)C)OC(=O)O. The molecule has 0 bridgehead atoms. The smallest absolute Gasteiger partial charge is 0.450 e. The lowest BCUT2D eigenvalue weighted by Crippen LogP contribution is -2.80. The second kappa shape index (κ2) is 14.0. The van der Waals surface area contributed by atoms with E-state index in [1.54, 1.807) is 34.6 Å². The zero-order valence-corrected chi connectivity index (χ0v) is 25.2. The van der Waals surface area contributed by atoms with Gasteiger partial charge in [-0.2, -0.15) is 0 Å². The number of carboxylic acid groups (broad SMARTS) is 1. The minimum absolute atomic E-state index is 0.0619. The minimum Gasteiger partial charge on any atom is -0.450 e. The van der Waals surface area contributed by atoms with Crippen molar-refractivity contribution in [2.45, 2.75) is 120 Å². The predicted molar refractivity (Wildman–Crippen MR) is 145 cm³/mol. The first-order chi connectivity index (χ1) is 16.8. The van der Waals surface area contributed by atoms with E-state index in [1.165, 1.54) is 0 Å². The van der Waals surface area contributed by atoms with Crippen molar-refractivity contribution in [1.29, 1.82) is 0 Å². The van der Waals surface area contributed by atoms with Crippen molar-refractivity contribution < 1.29 is 29.0 Å². The van der Waals surface area contributed by atoms with Gasteiger partial charge < -0.3 is 15.2 Å². The van der Waals surface area contributed by atoms with Gasteiger partial charge in [-0.3, -0.25) is 25.0 Å². The summed E-state index contributed by atoms with van der Waals surface area (Å²) in [4.78, 5) is 52.2. The maximum atomic E-state index is 13.4. The molecule has 0 aliphatic carbocycles. The zero-order chi connectivity index (χ0) is 29.4. The van der Waals surface area contributed by atoms with Gasteiger partial charge in [0, 0.05) is 18.3 Å². The third kappa shape index (κ3) is 9.82. The van der Waals surface area contributed by atoms with Gasteiger partial charge in [-0.15, -0.1) is 0 Å². The van der Waals surface area contributed by atoms with Crippen LogP contribution in [0.1, 0.15) is 109 Å². The van der Waals surface area contributed by atoms with Crippen molar-refractivity contribution in [3.05, 3.63) is 0 Å². The Labute approximate surface area is 224 Å². The molecule has 216 valence electrons. The number of carbonyl (C=O) groups excluding carboxylic acids is 3. The van der Waals surface area contributed by atoms with E-state index in [2.05, 4.69) is 16.0 Å². The maximum absolute atomic E-state index is 13.4. The molecule has 37 heavy (non-hydrogen) atoms. The van der Waals surface area contributed by atoms with Crippen molar-refractivity contribution in [2.24, 2.45) is 35.0 Å². The Morgan fingerprint density at radius 3 is 1.78 bits per heavy atom. The first-order valence-electron chi connectivity index (χ1n) is 13.6. The monoisotopic (exact) mass is 527 g/mol. The summed E-state index contributed by atoms with van der Waals surface area (Å²) in [6, 6.07) is 0. The Morgan fingerprint density at radius 1 is 0.838 bits per heavy atom. The molecule has 0 aromatic heterocycles. The van der Waals surface area contributed by atoms with Crippen molar-refractivity contribution in [1.82, 2.24) is 16.0 Å². The molecule has 3 amide bonds. The Hall–Kier alpha value is -2.32. The second-order valence-corrected chi connectivity index (χ2v) is 12.3. The van der Waals surface area contributed by atoms with Crippen molar-refractivity contribution in [3.8, 4) is 0 Å². The van der Waals surface area contributed by atoms with Crippen LogP contribution in [0.3, 0.4) is 0 Å². The fourth-order valence-corrected chi connectivity index (χ4v) is 4.11. The second-order valence-electron chi connectivity index (χ2n) is 12.3. The van der Waals surface area contributed by atoms with Crippen LogP contribution in [0.25, 0.3) is 0 Å². The largest absolute Gasteiger partial charge is 0.509 e. The van der Waals surface area contributed by atoms with Crippen LogP contribution in [-0.4, -0.2) is 40.4 Å². The van der Waals surface area contributed by atoms with Crippen LogP contribution >= 0.6 is 0 Å². The Morgan fingerprint density at radius 2 is 1.38 bits per heavy atom. The first-order valence-corrected chi connectivity index (χ1v) is 13.6. The van der Waals surface area contributed by atoms with E-state index in [0.717, 1.165) is 6.42 Å². The molecular weight excluding hydrogens is 474 g/mol. The van der Waals surface area contributed by atoms with Crippen molar-refractivity contribution in [2.75, 3.05) is 0 Å². The number of nitrogens with one attached hydrogen (secondary N) is 3. The van der Waals surface area contributed by atoms with E-state index in [0.29, 0.717) is 12.8 Å². The molecule has 5 atom stereocenters. The molecule has 5 unspecified atom stereocenters. The van der Waals surface area contributed by atoms with Crippen molar-refractivity contribution >= 4 is 23.9 Å². The zero-order valence-electron chi connectivity index (χ0n) is 25.2. The van der Waals surface area contributed by atoms with Crippen LogP contribution in [0, 0.1) is 35.0 Å². The van der Waals surface area contributed by atoms with Gasteiger partial charge in [-0.1, -0.05) is 89.0 Å². The van der Waals surface area contributed by atoms with Crippen LogP contribution in [0.2, 0.25) is 0 Å². The van der Waals surface area contributed by atoms with Crippen LogP contribution in [0.5, 0.6) is 0 Å². The van der Waals surface area contributed by atoms with E-state index in [9.17, 15) is 24.3 Å². The number of ether oxygens (including phenoxy) is 1. The molecular formula is C28H53N3O6. The lowest BCUT2D eigenvalue weighted by Gasteiger charge is -2.50. The fourth-order valence-electron chi connectivity index (χ4n) is 4.11. The first kappa shape index (κ1) is 34.7. The Balaban J connectivity index is 6.87. The van der Waals surface area contributed by atoms with Crippen LogP contribution in [0.15, 0.2) is 0 Å². The Bertz CT molecular complexity index is 797. The van der Waals surface area contributed by atoms with Crippen LogP contribution < -0.4 is 16.0 Å². The van der Waals surface area contributed by atoms with Gasteiger partial charge in [0.15, 0.2) is 0 Å². The highest BCUT2D eigenvalue weighted by Crippen LogP contribution is 2.33. The van der Waals surface area contributed by atoms with Gasteiger partial charge >= 0.3 is 6.16 Å². The van der Waals surface area contributed by atoms with Gasteiger partial charge in [0.25, 0.3) is 5.85 Å². The number of hydrogen-bond donors (Lipinski definition) is 4. The normalized spacial score (nSPS) is 17.7. The summed E-state index contributed by atoms with van der Waals surface area (Å²) in [6.07, 6.45) is 0.396. The van der Waals surface area contributed by atoms with E-state index < -0.39 is 47.1 Å². The molecule has 0 aromatic rings. The Kier molecular flexibility index (Phi) is 13.1. The highest BCUT2D eigenvalue weighted by Gasteiger charge is 2.58. The molecule has 0 saturated carbocycles. The van der Waals surface area contributed by atoms with Gasteiger partial charge in [-0.05, 0) is 36.5 Å². The molecule has 0 rings (SSSR count). The molecule has 4 N–H and O–H groups in total. The summed E-state index contributed by atoms with van der Waals surface area (Å²) in [5.74, 6) is -4.63. The third-order valence-corrected chi connectivity index (χ3v) is 7.90. The molecule has 0 spiro atoms. The van der Waals surface area contributed by atoms with Gasteiger partial charge in [0.1, 0.15) is 5.54 Å². The average Bonchev–Trinajstić information content (AvgIpc) is 2.75. The van der Waals surface area contributed by atoms with E-state index in [4.69, 9.17) is 4.74 Å². The highest BCUT2D eigenvalue weighted by atomic mass is 16.7. The maximum Gasteiger partial charge on any atom is 0.509 e. The van der Waals surface area contributed by atoms with Crippen molar-refractivity contribution in [3.63, 3.8) is 0 Å². The summed E-state index contributed by atoms with van der Waals surface area (Å²) in [6.45, 7) is 22.4. The van der Waals surface area contributed by atoms with Crippen LogP contribution in [0.4, 0.5) is 4.79 Å². The number of hydrogen-bond acceptors (Lipinski definition) is 5. The number of amides is 3. The summed E-state index contributed by atoms with van der Waals surface area (Å²) in [7, 11) is 0. The number of rotatable bonds is 15. The highest BCUT2D eigenvalue weighted by molar-refractivity contribution is 5.84. The third-order valence-electron chi connectivity index (χ3n) is 7.90. The fraction of sp³-hybridized carbons (Fsp3) is 0.857. The molecule has 0 fully saturated rings. The summed E-state index contributed by atoms with van der Waals surface area (Å²) >= 11 is 0. The number of carbonyl (C=O) groups is 4. The molecule has 0 aromatic carbocycles. The predicted octanol–water partition coefficient (Wildman–Crippen LogP) is 5.29. The van der Waals surface area contributed by atoms with Crippen LogP contribution in [-0.2, 0) is 19.1 Å². The van der Waals surface area contributed by atoms with E-state index in [1.807, 2.05) is 48.5 Å². The molecule has 0 aliphatic heterocycles. The summed E-state index contributed by atoms with van der Waals surface area (Å²) in [5.41, 5.74) is -1.90. The summed E-state index contributed by atoms with van der Waals surface area (Å²) in [5, 5.41) is 18.2. The van der Waals surface area contributed by atoms with E-state index >= 15 is 0 Å². The molecule has 0 aliphatic rings. The minimum atomic E-state index is -2.25. The average molecular weight is 528 g/mol. The molecule has 0 heterocycles. The lowest BCUT2D eigenvalue weighted by molar-refractivity contribution is -0.169. The van der Waals surface area contributed by atoms with Gasteiger partial charge in [-0.25, -0.2) is 4.79 Å². The standard InChI is InChI=1S/C28H53N3O6/c1-13-19(7)21(9)24(34)30-27(12,18(5)6)28(37-25(35)36,29-22(32)16-26(10,11)14-2)31-23(33)20(8)15-17(3)4/h17-21H,13-16H2,1-12H3,(H,29,32)(H,30,34)(H,31,33)(H,35,36). The molecule has 9 nitrogen and oxygen atoms in total. The molecule has 0 saturated heterocycles. The topological polar surface area (TPSA) is 134 Å². The van der Waals surface area contributed by atoms with E-state index in [-0.39, 0.29) is 29.6 Å². The summed E-state index contributed by atoms with van der Waals surface area (Å²) < 4.78 is 5.41. The van der Waals surface area contributed by atoms with Gasteiger partial charge in [0.05, 0.1) is 0 Å². The quantitative estimate of drug-likeness (QED) is 0.169. The molecule has 9 heteroatoms. The molecule has 0 radical (unpaired) electrons. The lowest BCUT2D eigenvalue weighted by atomic mass is 9.80. The van der Waals surface area contributed by atoms with Gasteiger partial charge in [0.2, 0.25) is 17.7 Å².